The minimum absolute atomic E-state index is 0.583. The second kappa shape index (κ2) is 7.89. The molecule has 1 nitrogen and oxygen atoms in total. The van der Waals surface area contributed by atoms with Gasteiger partial charge in [-0.15, -0.1) is 0 Å². The maximum atomic E-state index is 13.4. The van der Waals surface area contributed by atoms with Crippen molar-refractivity contribution in [3.63, 3.8) is 0 Å². The van der Waals surface area contributed by atoms with Gasteiger partial charge in [-0.2, -0.15) is 70.2 Å². The number of hydrogen-bond acceptors (Lipinski definition) is 1. The number of ether oxygens (including phenoxy) is 1. The summed E-state index contributed by atoms with van der Waals surface area (Å²) in [5.74, 6) is -52.3. The Balaban J connectivity index is 6.69. The minimum atomic E-state index is -8.42. The lowest BCUT2D eigenvalue weighted by Crippen LogP contribution is -2.72. The van der Waals surface area contributed by atoms with Gasteiger partial charge in [-0.3, -0.25) is 4.74 Å². The molecule has 0 saturated heterocycles. The van der Waals surface area contributed by atoms with Crippen molar-refractivity contribution in [2.45, 2.75) is 80.4 Å². The van der Waals surface area contributed by atoms with Crippen LogP contribution in [0.15, 0.2) is 0 Å². The van der Waals surface area contributed by atoms with Crippen molar-refractivity contribution in [1.82, 2.24) is 0 Å². The van der Waals surface area contributed by atoms with E-state index in [-0.39, 0.29) is 0 Å². The van der Waals surface area contributed by atoms with E-state index in [1.807, 2.05) is 0 Å². The van der Waals surface area contributed by atoms with Crippen LogP contribution in [0.3, 0.4) is 0 Å². The van der Waals surface area contributed by atoms with Gasteiger partial charge in [0.2, 0.25) is 0 Å². The molecule has 194 valence electrons. The maximum absolute atomic E-state index is 13.4. The van der Waals surface area contributed by atoms with Crippen molar-refractivity contribution >= 4 is 0 Å². The quantitative estimate of drug-likeness (QED) is 0.270. The van der Waals surface area contributed by atoms with Gasteiger partial charge in [0.1, 0.15) is 0 Å². The molecule has 0 bridgehead atoms. The molecule has 0 aromatic carbocycles. The van der Waals surface area contributed by atoms with Gasteiger partial charge in [-0.25, -0.2) is 8.78 Å². The molecule has 1 atom stereocenters. The van der Waals surface area contributed by atoms with Crippen LogP contribution >= 0.6 is 0 Å². The van der Waals surface area contributed by atoms with E-state index in [2.05, 4.69) is 0 Å². The SMILES string of the molecule is CCCC(F)(F)C(F)(F)C(F)(F)C(F)(F)C(F)(F)C(F)(F)OC(F)(C(C)(F)F)C(F)(F)F. The summed E-state index contributed by atoms with van der Waals surface area (Å²) in [6, 6.07) is 0. The Hall–Kier alpha value is -1.30. The first kappa shape index (κ1) is 30.7. The normalized spacial score (nSPS) is 18.0. The van der Waals surface area contributed by atoms with Crippen LogP contribution in [0.4, 0.5) is 79.0 Å². The zero-order valence-corrected chi connectivity index (χ0v) is 15.1. The predicted molar refractivity (Wildman–Crippen MR) is 66.2 cm³/mol. The van der Waals surface area contributed by atoms with Crippen LogP contribution in [-0.4, -0.2) is 53.7 Å². The van der Waals surface area contributed by atoms with Crippen molar-refractivity contribution in [2.75, 3.05) is 0 Å². The summed E-state index contributed by atoms with van der Waals surface area (Å²) < 4.78 is 238. The van der Waals surface area contributed by atoms with E-state index in [9.17, 15) is 79.0 Å². The van der Waals surface area contributed by atoms with Crippen molar-refractivity contribution in [1.29, 1.82) is 0 Å². The van der Waals surface area contributed by atoms with Gasteiger partial charge in [0.25, 0.3) is 0 Å². The van der Waals surface area contributed by atoms with E-state index in [1.165, 1.54) is 4.74 Å². The molecule has 0 aliphatic heterocycles. The standard InChI is InChI=1S/C13H10F18O/c1-3-4-6(16,17)7(18,19)8(20,21)9(22,23)10(24,25)13(30,31)32-11(26,5(2,14)15)12(27,28)29/h3-4H2,1-2H3. The maximum Gasteiger partial charge on any atom is 0.455 e. The van der Waals surface area contributed by atoms with Crippen LogP contribution in [0.1, 0.15) is 26.7 Å². The minimum Gasteiger partial charge on any atom is -0.265 e. The highest BCUT2D eigenvalue weighted by atomic mass is 19.4. The summed E-state index contributed by atoms with van der Waals surface area (Å²) in [4.78, 5) is 0. The summed E-state index contributed by atoms with van der Waals surface area (Å²) in [5, 5.41) is 0. The van der Waals surface area contributed by atoms with Gasteiger partial charge >= 0.3 is 53.7 Å². The van der Waals surface area contributed by atoms with Crippen LogP contribution < -0.4 is 0 Å². The lowest BCUT2D eigenvalue weighted by Gasteiger charge is -2.42. The first-order valence-electron chi connectivity index (χ1n) is 7.62. The fourth-order valence-electron chi connectivity index (χ4n) is 1.91. The molecule has 0 rings (SSSR count). The summed E-state index contributed by atoms with van der Waals surface area (Å²) in [6.07, 6.45) is -19.0. The number of rotatable bonds is 10. The average Bonchev–Trinajstić information content (AvgIpc) is 2.51. The third-order valence-electron chi connectivity index (χ3n) is 3.77. The predicted octanol–water partition coefficient (Wildman–Crippen LogP) is 7.46. The largest absolute Gasteiger partial charge is 0.455 e. The van der Waals surface area contributed by atoms with E-state index >= 15 is 0 Å². The molecular weight excluding hydrogens is 514 g/mol. The van der Waals surface area contributed by atoms with E-state index in [4.69, 9.17) is 0 Å². The molecule has 1 unspecified atom stereocenters. The Labute approximate surface area is 165 Å². The lowest BCUT2D eigenvalue weighted by molar-refractivity contribution is -0.514. The number of halogens is 18. The molecule has 0 aromatic heterocycles. The molecule has 0 aliphatic carbocycles. The molecule has 0 aromatic rings. The molecule has 0 radical (unpaired) electrons. The first-order chi connectivity index (χ1) is 13.5. The monoisotopic (exact) mass is 524 g/mol. The molecule has 32 heavy (non-hydrogen) atoms. The van der Waals surface area contributed by atoms with E-state index in [1.54, 1.807) is 0 Å². The van der Waals surface area contributed by atoms with Crippen LogP contribution in [0.2, 0.25) is 0 Å². The Morgan fingerprint density at radius 3 is 1.16 bits per heavy atom. The topological polar surface area (TPSA) is 9.23 Å². The van der Waals surface area contributed by atoms with Crippen molar-refractivity contribution < 1.29 is 83.8 Å². The van der Waals surface area contributed by atoms with Crippen molar-refractivity contribution in [3.05, 3.63) is 0 Å². The summed E-state index contributed by atoms with van der Waals surface area (Å²) >= 11 is 0. The summed E-state index contributed by atoms with van der Waals surface area (Å²) in [5.41, 5.74) is 0. The second-order valence-electron chi connectivity index (χ2n) is 6.35. The highest BCUT2D eigenvalue weighted by Gasteiger charge is 2.91. The highest BCUT2D eigenvalue weighted by molar-refractivity contribution is 5.10. The summed E-state index contributed by atoms with van der Waals surface area (Å²) in [6.45, 7) is -0.652. The van der Waals surface area contributed by atoms with E-state index in [0.29, 0.717) is 6.92 Å². The van der Waals surface area contributed by atoms with E-state index in [0.717, 1.165) is 0 Å². The molecular formula is C13H10F18O. The fraction of sp³-hybridized carbons (Fsp3) is 1.00. The number of alkyl halides is 18. The zero-order valence-electron chi connectivity index (χ0n) is 15.1. The van der Waals surface area contributed by atoms with E-state index < -0.39 is 73.4 Å². The van der Waals surface area contributed by atoms with Crippen LogP contribution in [0.5, 0.6) is 0 Å². The first-order valence-corrected chi connectivity index (χ1v) is 7.62. The average molecular weight is 524 g/mol. The molecule has 19 heteroatoms. The van der Waals surface area contributed by atoms with Crippen LogP contribution in [0, 0.1) is 0 Å². The Kier molecular flexibility index (Phi) is 7.56. The molecule has 0 aliphatic rings. The van der Waals surface area contributed by atoms with Crippen molar-refractivity contribution in [3.8, 4) is 0 Å². The molecule has 0 fully saturated rings. The van der Waals surface area contributed by atoms with Gasteiger partial charge < -0.3 is 0 Å². The molecule has 0 amide bonds. The van der Waals surface area contributed by atoms with Gasteiger partial charge in [0.15, 0.2) is 0 Å². The molecule has 0 heterocycles. The Morgan fingerprint density at radius 2 is 0.875 bits per heavy atom. The molecule has 0 spiro atoms. The zero-order chi connectivity index (χ0) is 26.6. The third kappa shape index (κ3) is 4.28. The second-order valence-corrected chi connectivity index (χ2v) is 6.35. The smallest absolute Gasteiger partial charge is 0.265 e. The van der Waals surface area contributed by atoms with Gasteiger partial charge in [0.05, 0.1) is 0 Å². The van der Waals surface area contributed by atoms with Crippen LogP contribution in [-0.2, 0) is 4.74 Å². The fourth-order valence-corrected chi connectivity index (χ4v) is 1.91. The highest BCUT2D eigenvalue weighted by Crippen LogP contribution is 2.62. The molecule has 0 saturated carbocycles. The Bertz CT molecular complexity index is 643. The van der Waals surface area contributed by atoms with Gasteiger partial charge in [-0.05, 0) is 0 Å². The van der Waals surface area contributed by atoms with Crippen molar-refractivity contribution in [2.24, 2.45) is 0 Å². The summed E-state index contributed by atoms with van der Waals surface area (Å²) in [7, 11) is 0. The van der Waals surface area contributed by atoms with Gasteiger partial charge in [-0.1, -0.05) is 13.3 Å². The molecule has 0 N–H and O–H groups in total. The lowest BCUT2D eigenvalue weighted by atomic mass is 9.92. The van der Waals surface area contributed by atoms with Crippen LogP contribution in [0.25, 0.3) is 0 Å². The Morgan fingerprint density at radius 1 is 0.531 bits per heavy atom. The third-order valence-corrected chi connectivity index (χ3v) is 3.77. The van der Waals surface area contributed by atoms with Gasteiger partial charge in [0, 0.05) is 13.3 Å². The number of hydrogen-bond donors (Lipinski definition) is 0.